The predicted molar refractivity (Wildman–Crippen MR) is 121 cm³/mol. The zero-order chi connectivity index (χ0) is 20.8. The lowest BCUT2D eigenvalue weighted by atomic mass is 9.98. The van der Waals surface area contributed by atoms with Crippen molar-refractivity contribution in [1.82, 2.24) is 14.5 Å². The van der Waals surface area contributed by atoms with Crippen molar-refractivity contribution < 1.29 is 4.79 Å². The number of nitrogens with one attached hydrogen (secondary N) is 1. The van der Waals surface area contributed by atoms with Crippen molar-refractivity contribution in [2.45, 2.75) is 26.4 Å². The molecule has 0 saturated heterocycles. The van der Waals surface area contributed by atoms with Gasteiger partial charge < -0.3 is 14.5 Å². The van der Waals surface area contributed by atoms with Crippen molar-refractivity contribution in [3.63, 3.8) is 0 Å². The van der Waals surface area contributed by atoms with Crippen LogP contribution in [0.2, 0.25) is 0 Å². The molecule has 1 aliphatic heterocycles. The first-order valence-corrected chi connectivity index (χ1v) is 10.2. The summed E-state index contributed by atoms with van der Waals surface area (Å²) < 4.78 is 4.41. The first kappa shape index (κ1) is 18.3. The second kappa shape index (κ2) is 6.93. The minimum atomic E-state index is -0.0136. The second-order valence-electron chi connectivity index (χ2n) is 7.61. The van der Waals surface area contributed by atoms with Crippen molar-refractivity contribution in [3.05, 3.63) is 65.4 Å². The summed E-state index contributed by atoms with van der Waals surface area (Å²) in [5.74, 6) is -0.0136. The van der Waals surface area contributed by atoms with E-state index >= 15 is 0 Å². The van der Waals surface area contributed by atoms with Gasteiger partial charge in [0.2, 0.25) is 0 Å². The average molecular weight is 394 g/mol. The number of aryl methyl sites for hydroxylation is 2. The van der Waals surface area contributed by atoms with Gasteiger partial charge in [-0.25, -0.2) is 0 Å². The molecule has 3 heterocycles. The summed E-state index contributed by atoms with van der Waals surface area (Å²) in [5.41, 5.74) is 6.12. The summed E-state index contributed by atoms with van der Waals surface area (Å²) >= 11 is 0. The molecule has 5 heteroatoms. The van der Waals surface area contributed by atoms with E-state index in [1.165, 1.54) is 0 Å². The molecule has 148 valence electrons. The van der Waals surface area contributed by atoms with E-state index in [2.05, 4.69) is 44.8 Å². The van der Waals surface area contributed by atoms with Crippen LogP contribution in [0.3, 0.4) is 0 Å². The fourth-order valence-corrected chi connectivity index (χ4v) is 4.75. The van der Waals surface area contributed by atoms with Gasteiger partial charge in [0.25, 0.3) is 5.91 Å². The Hall–Kier alpha value is -3.78. The standard InChI is InChI=1S/C25H22N4O/c1-3-4-5-9-16-14-18-22-19(15-27-25(22)30)21-17-10-6-7-11-20(17)29(13-8-12-26)24(21)23(18)28(16)2/h3-7,9-11,14H,8,13,15H2,1-2H3,(H,27,30). The molecule has 30 heavy (non-hydrogen) atoms. The van der Waals surface area contributed by atoms with Crippen LogP contribution in [0.5, 0.6) is 0 Å². The smallest absolute Gasteiger partial charge is 0.252 e. The molecule has 2 aromatic heterocycles. The average Bonchev–Trinajstić information content (AvgIpc) is 3.39. The lowest BCUT2D eigenvalue weighted by Crippen LogP contribution is -2.12. The first-order valence-electron chi connectivity index (χ1n) is 10.2. The maximum atomic E-state index is 12.8. The number of fused-ring (bicyclic) bond motifs is 8. The summed E-state index contributed by atoms with van der Waals surface area (Å²) in [6, 6.07) is 12.7. The minimum Gasteiger partial charge on any atom is -0.348 e. The monoisotopic (exact) mass is 394 g/mol. The molecule has 1 N–H and O–H groups in total. The van der Waals surface area contributed by atoms with E-state index in [9.17, 15) is 10.1 Å². The third-order valence-corrected chi connectivity index (χ3v) is 6.01. The van der Waals surface area contributed by atoms with Gasteiger partial charge in [-0.05, 0) is 30.7 Å². The van der Waals surface area contributed by atoms with Gasteiger partial charge in [-0.1, -0.05) is 36.4 Å². The van der Waals surface area contributed by atoms with E-state index in [1.54, 1.807) is 0 Å². The van der Waals surface area contributed by atoms with Crippen molar-refractivity contribution in [2.24, 2.45) is 7.05 Å². The van der Waals surface area contributed by atoms with Crippen LogP contribution in [0.15, 0.2) is 48.6 Å². The van der Waals surface area contributed by atoms with Gasteiger partial charge in [-0.2, -0.15) is 5.26 Å². The van der Waals surface area contributed by atoms with Crippen LogP contribution < -0.4 is 5.32 Å². The number of hydrogen-bond donors (Lipinski definition) is 1. The highest BCUT2D eigenvalue weighted by molar-refractivity contribution is 6.25. The summed E-state index contributed by atoms with van der Waals surface area (Å²) in [6.45, 7) is 3.14. The quantitative estimate of drug-likeness (QED) is 0.493. The number of hydrogen-bond acceptors (Lipinski definition) is 2. The van der Waals surface area contributed by atoms with E-state index in [0.29, 0.717) is 19.5 Å². The van der Waals surface area contributed by atoms with E-state index < -0.39 is 0 Å². The molecule has 5 rings (SSSR count). The van der Waals surface area contributed by atoms with E-state index in [0.717, 1.165) is 49.5 Å². The highest BCUT2D eigenvalue weighted by Crippen LogP contribution is 2.42. The van der Waals surface area contributed by atoms with Crippen molar-refractivity contribution >= 4 is 44.7 Å². The van der Waals surface area contributed by atoms with Crippen LogP contribution in [-0.4, -0.2) is 15.0 Å². The largest absolute Gasteiger partial charge is 0.348 e. The van der Waals surface area contributed by atoms with Crippen molar-refractivity contribution in [2.75, 3.05) is 0 Å². The van der Waals surface area contributed by atoms with Gasteiger partial charge in [0.1, 0.15) is 0 Å². The molecule has 1 aliphatic rings. The Bertz CT molecular complexity index is 1440. The predicted octanol–water partition coefficient (Wildman–Crippen LogP) is 5.03. The lowest BCUT2D eigenvalue weighted by Gasteiger charge is -2.10. The van der Waals surface area contributed by atoms with E-state index in [1.807, 2.05) is 44.3 Å². The fourth-order valence-electron chi connectivity index (χ4n) is 4.75. The zero-order valence-electron chi connectivity index (χ0n) is 17.1. The summed E-state index contributed by atoms with van der Waals surface area (Å²) in [7, 11) is 2.04. The molecule has 0 radical (unpaired) electrons. The highest BCUT2D eigenvalue weighted by Gasteiger charge is 2.30. The van der Waals surface area contributed by atoms with Gasteiger partial charge in [-0.15, -0.1) is 0 Å². The molecule has 0 bridgehead atoms. The second-order valence-corrected chi connectivity index (χ2v) is 7.61. The van der Waals surface area contributed by atoms with E-state index in [4.69, 9.17) is 0 Å². The number of amides is 1. The number of allylic oxidation sites excluding steroid dienone is 3. The Kier molecular flexibility index (Phi) is 4.22. The SMILES string of the molecule is CC=CC=Cc1cc2c3c(c4c5ccccc5n(CCC#N)c4c2n1C)CNC3=O. The maximum Gasteiger partial charge on any atom is 0.252 e. The molecule has 5 nitrogen and oxygen atoms in total. The number of benzene rings is 2. The Morgan fingerprint density at radius 3 is 2.83 bits per heavy atom. The topological polar surface area (TPSA) is 62.8 Å². The Morgan fingerprint density at radius 1 is 1.20 bits per heavy atom. The number of carbonyl (C=O) groups is 1. The van der Waals surface area contributed by atoms with Crippen LogP contribution in [0.25, 0.3) is 38.8 Å². The number of aromatic nitrogens is 2. The third kappa shape index (κ3) is 2.44. The normalized spacial score (nSPS) is 13.8. The number of para-hydroxylation sites is 1. The number of rotatable bonds is 4. The zero-order valence-corrected chi connectivity index (χ0v) is 17.1. The lowest BCUT2D eigenvalue weighted by molar-refractivity contribution is 0.0967. The molecular weight excluding hydrogens is 372 g/mol. The molecule has 0 aliphatic carbocycles. The molecule has 4 aromatic rings. The number of carbonyl (C=O) groups excluding carboxylic acids is 1. The molecule has 2 aromatic carbocycles. The Balaban J connectivity index is 2.00. The molecule has 0 saturated carbocycles. The van der Waals surface area contributed by atoms with Crippen LogP contribution in [0.1, 0.15) is 35.0 Å². The molecule has 0 spiro atoms. The van der Waals surface area contributed by atoms with Crippen molar-refractivity contribution in [3.8, 4) is 6.07 Å². The van der Waals surface area contributed by atoms with Gasteiger partial charge in [-0.3, -0.25) is 4.79 Å². The van der Waals surface area contributed by atoms with Gasteiger partial charge >= 0.3 is 0 Å². The molecule has 0 atom stereocenters. The van der Waals surface area contributed by atoms with E-state index in [-0.39, 0.29) is 5.91 Å². The van der Waals surface area contributed by atoms with Gasteiger partial charge in [0.05, 0.1) is 29.1 Å². The van der Waals surface area contributed by atoms with Crippen molar-refractivity contribution in [1.29, 1.82) is 5.26 Å². The maximum absolute atomic E-state index is 12.8. The van der Waals surface area contributed by atoms with Crippen LogP contribution in [0, 0.1) is 11.3 Å². The van der Waals surface area contributed by atoms with Gasteiger partial charge in [0, 0.05) is 47.5 Å². The summed E-state index contributed by atoms with van der Waals surface area (Å²) in [5, 5.41) is 15.5. The molecular formula is C25H22N4O. The third-order valence-electron chi connectivity index (χ3n) is 6.01. The number of nitrogens with zero attached hydrogens (tertiary/aromatic N) is 3. The van der Waals surface area contributed by atoms with Crippen LogP contribution in [-0.2, 0) is 20.1 Å². The highest BCUT2D eigenvalue weighted by atomic mass is 16.1. The Labute approximate surface area is 174 Å². The summed E-state index contributed by atoms with van der Waals surface area (Å²) in [4.78, 5) is 12.8. The van der Waals surface area contributed by atoms with Crippen LogP contribution >= 0.6 is 0 Å². The van der Waals surface area contributed by atoms with Crippen LogP contribution in [0.4, 0.5) is 0 Å². The minimum absolute atomic E-state index is 0.0136. The summed E-state index contributed by atoms with van der Waals surface area (Å²) in [6.07, 6.45) is 8.49. The molecule has 0 unspecified atom stereocenters. The first-order chi connectivity index (χ1) is 14.7. The molecule has 1 amide bonds. The number of nitriles is 1. The fraction of sp³-hybridized carbons (Fsp3) is 0.200. The Morgan fingerprint density at radius 2 is 2.03 bits per heavy atom. The molecule has 0 fully saturated rings. The van der Waals surface area contributed by atoms with Gasteiger partial charge in [0.15, 0.2) is 0 Å².